The van der Waals surface area contributed by atoms with Crippen molar-refractivity contribution >= 4 is 23.0 Å². The monoisotopic (exact) mass is 567 g/mol. The highest BCUT2D eigenvalue weighted by molar-refractivity contribution is 6.00. The lowest BCUT2D eigenvalue weighted by molar-refractivity contribution is 0.0146. The second kappa shape index (κ2) is 14.2. The molecule has 0 aliphatic rings. The van der Waals surface area contributed by atoms with Crippen LogP contribution in [0.4, 0.5) is 26.1 Å². The van der Waals surface area contributed by atoms with E-state index in [1.807, 2.05) is 31.2 Å². The summed E-state index contributed by atoms with van der Waals surface area (Å²) >= 11 is 0. The Kier molecular flexibility index (Phi) is 11.0. The molecule has 1 unspecified atom stereocenters. The zero-order valence-corrected chi connectivity index (χ0v) is 25.3. The van der Waals surface area contributed by atoms with Crippen molar-refractivity contribution in [3.05, 3.63) is 59.3 Å². The molecule has 3 rings (SSSR count). The summed E-state index contributed by atoms with van der Waals surface area (Å²) in [5.74, 6) is -1.91. The van der Waals surface area contributed by atoms with Gasteiger partial charge in [-0.1, -0.05) is 46.2 Å². The smallest absolute Gasteiger partial charge is 0.277 e. The Morgan fingerprint density at radius 1 is 1.12 bits per heavy atom. The van der Waals surface area contributed by atoms with Gasteiger partial charge >= 0.3 is 0 Å². The van der Waals surface area contributed by atoms with Crippen molar-refractivity contribution in [1.82, 2.24) is 9.97 Å². The minimum absolute atomic E-state index is 0.0843. The number of aromatic nitrogens is 2. The zero-order valence-electron chi connectivity index (χ0n) is 25.3. The summed E-state index contributed by atoms with van der Waals surface area (Å²) in [7, 11) is 1.59. The number of ether oxygens (including phenoxy) is 2. The number of anilines is 3. The van der Waals surface area contributed by atoms with Gasteiger partial charge < -0.3 is 25.1 Å². The molecule has 2 N–H and O–H groups in total. The number of benzene rings is 2. The molecule has 0 fully saturated rings. The summed E-state index contributed by atoms with van der Waals surface area (Å²) < 4.78 is 40.8. The van der Waals surface area contributed by atoms with Crippen LogP contribution in [0, 0.1) is 11.3 Å². The van der Waals surface area contributed by atoms with Gasteiger partial charge in [0.1, 0.15) is 17.1 Å². The molecule has 222 valence electrons. The standard InChI is InChI=1S/C32H43F2N5O2/c1-8-17-39(18-16-21(4)9-2)24-14-15-26(28(19-24)40-7)37-31-36-20-25(32(6,33)34)30(38-31)41-27-13-11-12-23(10-3)29(27)22(5)35/h11-15,19-21,35H,8-10,16-18H2,1-7H3,(H,36,37,38). The van der Waals surface area contributed by atoms with Crippen LogP contribution in [0.3, 0.4) is 0 Å². The van der Waals surface area contributed by atoms with Crippen LogP contribution in [0.25, 0.3) is 0 Å². The number of hydrogen-bond donors (Lipinski definition) is 2. The molecule has 1 heterocycles. The van der Waals surface area contributed by atoms with Crippen molar-refractivity contribution in [3.8, 4) is 17.4 Å². The SMILES string of the molecule is CCCN(CCC(C)CC)c1ccc(Nc2ncc(C(C)(F)F)c(Oc3cccc(CC)c3C(C)=N)n2)c(OC)c1. The number of aryl methyl sites for hydroxylation is 1. The number of nitrogens with zero attached hydrogens (tertiary/aromatic N) is 3. The maximum Gasteiger partial charge on any atom is 0.277 e. The molecule has 0 aliphatic carbocycles. The van der Waals surface area contributed by atoms with E-state index in [1.165, 1.54) is 0 Å². The highest BCUT2D eigenvalue weighted by Crippen LogP contribution is 2.38. The highest BCUT2D eigenvalue weighted by Gasteiger charge is 2.31. The van der Waals surface area contributed by atoms with E-state index in [0.29, 0.717) is 35.1 Å². The van der Waals surface area contributed by atoms with Crippen LogP contribution in [0.2, 0.25) is 0 Å². The quantitative estimate of drug-likeness (QED) is 0.179. The van der Waals surface area contributed by atoms with Gasteiger partial charge in [0, 0.05) is 49.2 Å². The van der Waals surface area contributed by atoms with E-state index < -0.39 is 11.5 Å². The van der Waals surface area contributed by atoms with E-state index >= 15 is 0 Å². The van der Waals surface area contributed by atoms with Crippen molar-refractivity contribution in [2.24, 2.45) is 5.92 Å². The second-order valence-corrected chi connectivity index (χ2v) is 10.5. The van der Waals surface area contributed by atoms with Crippen LogP contribution >= 0.6 is 0 Å². The van der Waals surface area contributed by atoms with Crippen LogP contribution in [0.15, 0.2) is 42.6 Å². The van der Waals surface area contributed by atoms with Gasteiger partial charge in [-0.3, -0.25) is 0 Å². The summed E-state index contributed by atoms with van der Waals surface area (Å²) in [6.45, 7) is 12.9. The number of nitrogens with one attached hydrogen (secondary N) is 2. The number of halogens is 2. The van der Waals surface area contributed by atoms with E-state index in [2.05, 4.69) is 41.0 Å². The van der Waals surface area contributed by atoms with Gasteiger partial charge in [0.15, 0.2) is 0 Å². The van der Waals surface area contributed by atoms with Gasteiger partial charge in [-0.25, -0.2) is 13.8 Å². The Morgan fingerprint density at radius 3 is 2.49 bits per heavy atom. The third-order valence-corrected chi connectivity index (χ3v) is 7.18. The van der Waals surface area contributed by atoms with Crippen LogP contribution in [-0.4, -0.2) is 35.9 Å². The zero-order chi connectivity index (χ0) is 30.2. The molecule has 0 spiro atoms. The van der Waals surface area contributed by atoms with Crippen LogP contribution in [0.1, 0.15) is 77.5 Å². The fourth-order valence-electron chi connectivity index (χ4n) is 4.61. The van der Waals surface area contributed by atoms with Crippen molar-refractivity contribution in [1.29, 1.82) is 5.41 Å². The molecule has 1 aromatic heterocycles. The van der Waals surface area contributed by atoms with E-state index in [-0.39, 0.29) is 17.5 Å². The average molecular weight is 568 g/mol. The normalized spacial score (nSPS) is 12.1. The van der Waals surface area contributed by atoms with Crippen LogP contribution in [-0.2, 0) is 12.3 Å². The molecule has 0 saturated heterocycles. The van der Waals surface area contributed by atoms with Gasteiger partial charge in [-0.05, 0) is 55.9 Å². The van der Waals surface area contributed by atoms with E-state index in [9.17, 15) is 8.78 Å². The molecule has 9 heteroatoms. The van der Waals surface area contributed by atoms with Crippen molar-refractivity contribution in [2.45, 2.75) is 73.1 Å². The molecule has 1 atom stereocenters. The summed E-state index contributed by atoms with van der Waals surface area (Å²) in [4.78, 5) is 10.9. The maximum atomic E-state index is 14.6. The molecular weight excluding hydrogens is 524 g/mol. The molecule has 3 aromatic rings. The second-order valence-electron chi connectivity index (χ2n) is 10.5. The summed E-state index contributed by atoms with van der Waals surface area (Å²) in [5, 5.41) is 11.4. The molecule has 0 saturated carbocycles. The molecule has 0 radical (unpaired) electrons. The van der Waals surface area contributed by atoms with Crippen LogP contribution in [0.5, 0.6) is 17.4 Å². The van der Waals surface area contributed by atoms with Gasteiger partial charge in [0.25, 0.3) is 5.92 Å². The number of alkyl halides is 2. The minimum atomic E-state index is -3.24. The fourth-order valence-corrected chi connectivity index (χ4v) is 4.61. The number of rotatable bonds is 15. The van der Waals surface area contributed by atoms with E-state index in [1.54, 1.807) is 26.2 Å². The highest BCUT2D eigenvalue weighted by atomic mass is 19.3. The third kappa shape index (κ3) is 8.15. The van der Waals surface area contributed by atoms with E-state index in [4.69, 9.17) is 14.9 Å². The van der Waals surface area contributed by atoms with E-state index in [0.717, 1.165) is 56.7 Å². The first kappa shape index (κ1) is 31.8. The molecule has 0 amide bonds. The predicted molar refractivity (Wildman–Crippen MR) is 163 cm³/mol. The van der Waals surface area contributed by atoms with Crippen molar-refractivity contribution < 1.29 is 18.3 Å². The molecule has 0 bridgehead atoms. The van der Waals surface area contributed by atoms with Gasteiger partial charge in [-0.15, -0.1) is 0 Å². The van der Waals surface area contributed by atoms with Crippen molar-refractivity contribution in [3.63, 3.8) is 0 Å². The lowest BCUT2D eigenvalue weighted by Gasteiger charge is -2.26. The molecule has 2 aromatic carbocycles. The summed E-state index contributed by atoms with van der Waals surface area (Å²) in [5.41, 5.74) is 2.93. The molecule has 0 aliphatic heterocycles. The lowest BCUT2D eigenvalue weighted by Crippen LogP contribution is -2.26. The first-order chi connectivity index (χ1) is 19.5. The molecular formula is C32H43F2N5O2. The molecule has 7 nitrogen and oxygen atoms in total. The molecule has 41 heavy (non-hydrogen) atoms. The summed E-state index contributed by atoms with van der Waals surface area (Å²) in [6.07, 6.45) is 5.01. The Bertz CT molecular complexity index is 1330. The maximum absolute atomic E-state index is 14.6. The Balaban J connectivity index is 1.96. The first-order valence-electron chi connectivity index (χ1n) is 14.3. The van der Waals surface area contributed by atoms with Gasteiger partial charge in [0.2, 0.25) is 11.8 Å². The average Bonchev–Trinajstić information content (AvgIpc) is 2.94. The lowest BCUT2D eigenvalue weighted by atomic mass is 10.0. The Hall–Kier alpha value is -3.75. The first-order valence-corrected chi connectivity index (χ1v) is 14.3. The van der Waals surface area contributed by atoms with Crippen molar-refractivity contribution in [2.75, 3.05) is 30.4 Å². The Morgan fingerprint density at radius 2 is 1.88 bits per heavy atom. The minimum Gasteiger partial charge on any atom is -0.494 e. The number of hydrogen-bond acceptors (Lipinski definition) is 7. The number of methoxy groups -OCH3 is 1. The summed E-state index contributed by atoms with van der Waals surface area (Å²) in [6, 6.07) is 11.2. The topological polar surface area (TPSA) is 83.4 Å². The van der Waals surface area contributed by atoms with Gasteiger partial charge in [-0.2, -0.15) is 4.98 Å². The fraction of sp³-hybridized carbons (Fsp3) is 0.469. The van der Waals surface area contributed by atoms with Gasteiger partial charge in [0.05, 0.1) is 12.8 Å². The third-order valence-electron chi connectivity index (χ3n) is 7.18. The predicted octanol–water partition coefficient (Wildman–Crippen LogP) is 8.74. The Labute approximate surface area is 242 Å². The van der Waals surface area contributed by atoms with Crippen LogP contribution < -0.4 is 19.7 Å². The largest absolute Gasteiger partial charge is 0.494 e.